The highest BCUT2D eigenvalue weighted by molar-refractivity contribution is 7.88. The number of hydrogen-bond donors (Lipinski definition) is 1. The molecular weight excluding hydrogens is 286 g/mol. The number of pyridine rings is 1. The van der Waals surface area contributed by atoms with Gasteiger partial charge in [-0.2, -0.15) is 0 Å². The molecule has 2 heterocycles. The van der Waals surface area contributed by atoms with E-state index in [1.165, 1.54) is 24.7 Å². The van der Waals surface area contributed by atoms with Gasteiger partial charge < -0.3 is 0 Å². The lowest BCUT2D eigenvalue weighted by Gasteiger charge is -2.52. The fraction of sp³-hybridized carbons (Fsp3) is 0.667. The first-order valence-corrected chi connectivity index (χ1v) is 9.42. The molecule has 1 aliphatic carbocycles. The van der Waals surface area contributed by atoms with Crippen LogP contribution in [0, 0.1) is 5.41 Å². The summed E-state index contributed by atoms with van der Waals surface area (Å²) in [5.74, 6) is 0. The zero-order valence-electron chi connectivity index (χ0n) is 12.5. The Balaban J connectivity index is 1.46. The third-order valence-corrected chi connectivity index (χ3v) is 5.57. The smallest absolute Gasteiger partial charge is 0.208 e. The minimum Gasteiger partial charge on any atom is -0.299 e. The number of rotatable bonds is 4. The second kappa shape index (κ2) is 5.66. The van der Waals surface area contributed by atoms with Crippen molar-refractivity contribution in [1.82, 2.24) is 14.6 Å². The fourth-order valence-electron chi connectivity index (χ4n) is 3.71. The first-order valence-electron chi connectivity index (χ1n) is 7.53. The standard InChI is InChI=1S/C15H23N3O2S/c1-21(19,20)17-14-10-15(11-14)4-8-18(9-5-15)12-13-2-6-16-7-3-13/h2-3,6-7,14,17H,4-5,8-12H2,1H3. The molecular formula is C15H23N3O2S. The van der Waals surface area contributed by atoms with Crippen molar-refractivity contribution in [3.63, 3.8) is 0 Å². The molecule has 1 saturated carbocycles. The Morgan fingerprint density at radius 3 is 2.48 bits per heavy atom. The van der Waals surface area contributed by atoms with E-state index in [0.29, 0.717) is 5.41 Å². The monoisotopic (exact) mass is 309 g/mol. The number of aromatic nitrogens is 1. The van der Waals surface area contributed by atoms with Gasteiger partial charge in [-0.3, -0.25) is 9.88 Å². The van der Waals surface area contributed by atoms with Gasteiger partial charge in [-0.25, -0.2) is 13.1 Å². The van der Waals surface area contributed by atoms with E-state index in [-0.39, 0.29) is 6.04 Å². The van der Waals surface area contributed by atoms with Crippen LogP contribution in [0.1, 0.15) is 31.2 Å². The van der Waals surface area contributed by atoms with E-state index in [9.17, 15) is 8.42 Å². The molecule has 1 aromatic heterocycles. The van der Waals surface area contributed by atoms with Crippen molar-refractivity contribution < 1.29 is 8.42 Å². The first-order chi connectivity index (χ1) is 9.94. The van der Waals surface area contributed by atoms with Crippen molar-refractivity contribution >= 4 is 10.0 Å². The van der Waals surface area contributed by atoms with Gasteiger partial charge >= 0.3 is 0 Å². The minimum absolute atomic E-state index is 0.159. The van der Waals surface area contributed by atoms with Crippen LogP contribution in [0.4, 0.5) is 0 Å². The molecule has 5 nitrogen and oxygen atoms in total. The Morgan fingerprint density at radius 2 is 1.90 bits per heavy atom. The highest BCUT2D eigenvalue weighted by Gasteiger charge is 2.46. The summed E-state index contributed by atoms with van der Waals surface area (Å²) in [5.41, 5.74) is 1.70. The lowest BCUT2D eigenvalue weighted by Crippen LogP contribution is -2.54. The Hall–Kier alpha value is -0.980. The van der Waals surface area contributed by atoms with Crippen LogP contribution in [0.5, 0.6) is 0 Å². The molecule has 1 aromatic rings. The molecule has 0 radical (unpaired) electrons. The van der Waals surface area contributed by atoms with Gasteiger partial charge in [-0.15, -0.1) is 0 Å². The maximum Gasteiger partial charge on any atom is 0.208 e. The average molecular weight is 309 g/mol. The van der Waals surface area contributed by atoms with Crippen LogP contribution < -0.4 is 4.72 Å². The summed E-state index contributed by atoms with van der Waals surface area (Å²) in [6.07, 6.45) is 9.30. The summed E-state index contributed by atoms with van der Waals surface area (Å²) in [5, 5.41) is 0. The van der Waals surface area contributed by atoms with E-state index in [0.717, 1.165) is 32.5 Å². The van der Waals surface area contributed by atoms with Gasteiger partial charge in [0.1, 0.15) is 0 Å². The largest absolute Gasteiger partial charge is 0.299 e. The Morgan fingerprint density at radius 1 is 1.29 bits per heavy atom. The zero-order chi connectivity index (χ0) is 14.9. The molecule has 3 rings (SSSR count). The van der Waals surface area contributed by atoms with Gasteiger partial charge in [-0.1, -0.05) is 0 Å². The van der Waals surface area contributed by atoms with Crippen molar-refractivity contribution in [1.29, 1.82) is 0 Å². The van der Waals surface area contributed by atoms with Crippen LogP contribution in [-0.2, 0) is 16.6 Å². The molecule has 0 aromatic carbocycles. The van der Waals surface area contributed by atoms with Gasteiger partial charge in [0.05, 0.1) is 6.26 Å². The summed E-state index contributed by atoms with van der Waals surface area (Å²) >= 11 is 0. The van der Waals surface area contributed by atoms with Gasteiger partial charge in [-0.05, 0) is 61.9 Å². The number of hydrogen-bond acceptors (Lipinski definition) is 4. The van der Waals surface area contributed by atoms with E-state index in [4.69, 9.17) is 0 Å². The van der Waals surface area contributed by atoms with Crippen LogP contribution in [0.3, 0.4) is 0 Å². The third-order valence-electron chi connectivity index (χ3n) is 4.81. The highest BCUT2D eigenvalue weighted by Crippen LogP contribution is 2.49. The molecule has 6 heteroatoms. The van der Waals surface area contributed by atoms with E-state index in [2.05, 4.69) is 26.7 Å². The molecule has 0 unspecified atom stereocenters. The maximum atomic E-state index is 11.2. The maximum absolute atomic E-state index is 11.2. The van der Waals surface area contributed by atoms with Crippen LogP contribution in [0.15, 0.2) is 24.5 Å². The molecule has 0 amide bonds. The van der Waals surface area contributed by atoms with Crippen LogP contribution in [0.2, 0.25) is 0 Å². The molecule has 116 valence electrons. The van der Waals surface area contributed by atoms with Crippen molar-refractivity contribution in [2.75, 3.05) is 19.3 Å². The highest BCUT2D eigenvalue weighted by atomic mass is 32.2. The van der Waals surface area contributed by atoms with Gasteiger partial charge in [0.25, 0.3) is 0 Å². The number of sulfonamides is 1. The third kappa shape index (κ3) is 3.81. The summed E-state index contributed by atoms with van der Waals surface area (Å²) in [6.45, 7) is 3.20. The van der Waals surface area contributed by atoms with E-state index < -0.39 is 10.0 Å². The molecule has 21 heavy (non-hydrogen) atoms. The molecule has 2 aliphatic rings. The molecule has 1 spiro atoms. The molecule has 0 bridgehead atoms. The van der Waals surface area contributed by atoms with E-state index in [1.807, 2.05) is 12.4 Å². The number of likely N-dealkylation sites (tertiary alicyclic amines) is 1. The number of nitrogens with one attached hydrogen (secondary N) is 1. The lowest BCUT2D eigenvalue weighted by atomic mass is 9.60. The zero-order valence-corrected chi connectivity index (χ0v) is 13.3. The van der Waals surface area contributed by atoms with Crippen molar-refractivity contribution in [2.24, 2.45) is 5.41 Å². The lowest BCUT2D eigenvalue weighted by molar-refractivity contribution is 0.0107. The topological polar surface area (TPSA) is 62.3 Å². The predicted octanol–water partition coefficient (Wildman–Crippen LogP) is 1.38. The average Bonchev–Trinajstić information content (AvgIpc) is 2.39. The quantitative estimate of drug-likeness (QED) is 0.912. The summed E-state index contributed by atoms with van der Waals surface area (Å²) < 4.78 is 25.2. The van der Waals surface area contributed by atoms with Crippen LogP contribution in [0.25, 0.3) is 0 Å². The number of piperidine rings is 1. The van der Waals surface area contributed by atoms with Crippen LogP contribution >= 0.6 is 0 Å². The predicted molar refractivity (Wildman–Crippen MR) is 82.2 cm³/mol. The fourth-order valence-corrected chi connectivity index (χ4v) is 4.48. The van der Waals surface area contributed by atoms with Gasteiger partial charge in [0.15, 0.2) is 0 Å². The molecule has 0 atom stereocenters. The van der Waals surface area contributed by atoms with Crippen molar-refractivity contribution in [2.45, 2.75) is 38.3 Å². The Kier molecular flexibility index (Phi) is 4.03. The Labute approximate surface area is 126 Å². The normalized spacial score (nSPS) is 23.1. The SMILES string of the molecule is CS(=O)(=O)NC1CC2(CCN(Cc3ccncc3)CC2)C1. The summed E-state index contributed by atoms with van der Waals surface area (Å²) in [7, 11) is -3.06. The molecule has 2 fully saturated rings. The Bertz CT molecular complexity index is 572. The van der Waals surface area contributed by atoms with Gasteiger partial charge in [0, 0.05) is 25.0 Å². The van der Waals surface area contributed by atoms with Crippen molar-refractivity contribution in [3.8, 4) is 0 Å². The number of nitrogens with zero attached hydrogens (tertiary/aromatic N) is 2. The second-order valence-electron chi connectivity index (χ2n) is 6.63. The molecule has 1 saturated heterocycles. The van der Waals surface area contributed by atoms with Crippen molar-refractivity contribution in [3.05, 3.63) is 30.1 Å². The van der Waals surface area contributed by atoms with E-state index in [1.54, 1.807) is 0 Å². The molecule has 1 aliphatic heterocycles. The summed E-state index contributed by atoms with van der Waals surface area (Å²) in [6, 6.07) is 4.30. The van der Waals surface area contributed by atoms with Crippen LogP contribution in [-0.4, -0.2) is 43.7 Å². The summed E-state index contributed by atoms with van der Waals surface area (Å²) in [4.78, 5) is 6.53. The molecule has 1 N–H and O–H groups in total. The van der Waals surface area contributed by atoms with Gasteiger partial charge in [0.2, 0.25) is 10.0 Å². The second-order valence-corrected chi connectivity index (χ2v) is 8.41. The minimum atomic E-state index is -3.06. The van der Waals surface area contributed by atoms with E-state index >= 15 is 0 Å². The first kappa shape index (κ1) is 14.9.